The maximum atomic E-state index is 11.0. The Balaban J connectivity index is 2.71. The molecule has 0 aliphatic rings. The SMILES string of the molecule is CC(Oc1cccc(C=O)c1)C(=O)NN. The van der Waals surface area contributed by atoms with Crippen molar-refractivity contribution < 1.29 is 14.3 Å². The summed E-state index contributed by atoms with van der Waals surface area (Å²) in [5.41, 5.74) is 2.47. The highest BCUT2D eigenvalue weighted by Crippen LogP contribution is 2.13. The van der Waals surface area contributed by atoms with Gasteiger partial charge in [0.05, 0.1) is 0 Å². The highest BCUT2D eigenvalue weighted by Gasteiger charge is 2.12. The number of nitrogens with two attached hydrogens (primary N) is 1. The van der Waals surface area contributed by atoms with E-state index in [0.29, 0.717) is 17.6 Å². The van der Waals surface area contributed by atoms with E-state index in [1.807, 2.05) is 5.43 Å². The molecule has 5 heteroatoms. The summed E-state index contributed by atoms with van der Waals surface area (Å²) in [5, 5.41) is 0. The van der Waals surface area contributed by atoms with Crippen molar-refractivity contribution in [2.75, 3.05) is 0 Å². The number of hydrogen-bond donors (Lipinski definition) is 2. The summed E-state index contributed by atoms with van der Waals surface area (Å²) in [7, 11) is 0. The predicted molar refractivity (Wildman–Crippen MR) is 54.2 cm³/mol. The monoisotopic (exact) mass is 208 g/mol. The molecule has 0 spiro atoms. The van der Waals surface area contributed by atoms with Crippen molar-refractivity contribution in [2.24, 2.45) is 5.84 Å². The molecular formula is C10H12N2O3. The van der Waals surface area contributed by atoms with Gasteiger partial charge in [-0.25, -0.2) is 5.84 Å². The molecule has 0 saturated carbocycles. The summed E-state index contributed by atoms with van der Waals surface area (Å²) < 4.78 is 5.26. The molecule has 1 unspecified atom stereocenters. The molecule has 0 heterocycles. The van der Waals surface area contributed by atoms with Gasteiger partial charge in [0.15, 0.2) is 6.10 Å². The summed E-state index contributed by atoms with van der Waals surface area (Å²) in [4.78, 5) is 21.5. The van der Waals surface area contributed by atoms with Gasteiger partial charge < -0.3 is 4.74 Å². The number of carbonyl (C=O) groups excluding carboxylic acids is 2. The fourth-order valence-electron chi connectivity index (χ4n) is 1.04. The summed E-state index contributed by atoms with van der Waals surface area (Å²) in [6.45, 7) is 1.57. The minimum Gasteiger partial charge on any atom is -0.481 e. The van der Waals surface area contributed by atoms with E-state index in [1.165, 1.54) is 0 Å². The van der Waals surface area contributed by atoms with Crippen LogP contribution in [0.1, 0.15) is 17.3 Å². The van der Waals surface area contributed by atoms with E-state index >= 15 is 0 Å². The van der Waals surface area contributed by atoms with Crippen molar-refractivity contribution in [3.05, 3.63) is 29.8 Å². The molecule has 80 valence electrons. The third kappa shape index (κ3) is 3.07. The summed E-state index contributed by atoms with van der Waals surface area (Å²) in [6, 6.07) is 6.53. The van der Waals surface area contributed by atoms with Gasteiger partial charge in [-0.15, -0.1) is 0 Å². The van der Waals surface area contributed by atoms with Gasteiger partial charge in [0.25, 0.3) is 5.91 Å². The van der Waals surface area contributed by atoms with Crippen molar-refractivity contribution in [1.29, 1.82) is 0 Å². The van der Waals surface area contributed by atoms with Crippen molar-refractivity contribution in [3.63, 3.8) is 0 Å². The van der Waals surface area contributed by atoms with Gasteiger partial charge in [0.2, 0.25) is 0 Å². The number of amides is 1. The lowest BCUT2D eigenvalue weighted by Crippen LogP contribution is -2.40. The largest absolute Gasteiger partial charge is 0.481 e. The molecule has 5 nitrogen and oxygen atoms in total. The average molecular weight is 208 g/mol. The van der Waals surface area contributed by atoms with Crippen LogP contribution in [-0.2, 0) is 4.79 Å². The molecule has 1 atom stereocenters. The van der Waals surface area contributed by atoms with Crippen LogP contribution in [0.4, 0.5) is 0 Å². The number of hydrazine groups is 1. The second kappa shape index (κ2) is 5.11. The molecular weight excluding hydrogens is 196 g/mol. The number of rotatable bonds is 4. The zero-order valence-corrected chi connectivity index (χ0v) is 8.27. The highest BCUT2D eigenvalue weighted by atomic mass is 16.5. The van der Waals surface area contributed by atoms with E-state index in [-0.39, 0.29) is 0 Å². The van der Waals surface area contributed by atoms with E-state index in [1.54, 1.807) is 31.2 Å². The van der Waals surface area contributed by atoms with Crippen LogP contribution < -0.4 is 16.0 Å². The molecule has 0 aliphatic carbocycles. The van der Waals surface area contributed by atoms with Crippen LogP contribution in [0, 0.1) is 0 Å². The first kappa shape index (κ1) is 11.2. The number of benzene rings is 1. The van der Waals surface area contributed by atoms with E-state index < -0.39 is 12.0 Å². The van der Waals surface area contributed by atoms with Crippen LogP contribution in [0.15, 0.2) is 24.3 Å². The molecule has 3 N–H and O–H groups in total. The lowest BCUT2D eigenvalue weighted by molar-refractivity contribution is -0.127. The Hall–Kier alpha value is -1.88. The fourth-order valence-corrected chi connectivity index (χ4v) is 1.04. The smallest absolute Gasteiger partial charge is 0.274 e. The van der Waals surface area contributed by atoms with Crippen LogP contribution in [0.2, 0.25) is 0 Å². The van der Waals surface area contributed by atoms with Gasteiger partial charge in [-0.05, 0) is 19.1 Å². The maximum absolute atomic E-state index is 11.0. The predicted octanol–water partition coefficient (Wildman–Crippen LogP) is 0.256. The summed E-state index contributed by atoms with van der Waals surface area (Å²) in [6.07, 6.45) is 0.0115. The Morgan fingerprint density at radius 2 is 2.33 bits per heavy atom. The molecule has 1 aromatic carbocycles. The molecule has 0 radical (unpaired) electrons. The Morgan fingerprint density at radius 1 is 1.60 bits per heavy atom. The zero-order chi connectivity index (χ0) is 11.3. The molecule has 0 fully saturated rings. The molecule has 1 amide bonds. The van der Waals surface area contributed by atoms with Gasteiger partial charge in [0.1, 0.15) is 12.0 Å². The fraction of sp³-hybridized carbons (Fsp3) is 0.200. The molecule has 1 aromatic rings. The van der Waals surface area contributed by atoms with Crippen LogP contribution in [0.3, 0.4) is 0 Å². The Labute approximate surface area is 87.2 Å². The molecule has 1 rings (SSSR count). The Morgan fingerprint density at radius 3 is 2.93 bits per heavy atom. The molecule has 15 heavy (non-hydrogen) atoms. The van der Waals surface area contributed by atoms with E-state index in [4.69, 9.17) is 10.6 Å². The van der Waals surface area contributed by atoms with Crippen molar-refractivity contribution in [3.8, 4) is 5.75 Å². The van der Waals surface area contributed by atoms with Crippen LogP contribution >= 0.6 is 0 Å². The molecule has 0 saturated heterocycles. The zero-order valence-electron chi connectivity index (χ0n) is 8.27. The van der Waals surface area contributed by atoms with Crippen LogP contribution in [0.5, 0.6) is 5.75 Å². The minimum atomic E-state index is -0.697. The Bertz CT molecular complexity index is 365. The molecule has 0 aromatic heterocycles. The summed E-state index contributed by atoms with van der Waals surface area (Å²) in [5.74, 6) is 4.98. The lowest BCUT2D eigenvalue weighted by atomic mass is 10.2. The highest BCUT2D eigenvalue weighted by molar-refractivity contribution is 5.80. The number of aldehydes is 1. The van der Waals surface area contributed by atoms with Gasteiger partial charge in [-0.1, -0.05) is 12.1 Å². The number of nitrogens with one attached hydrogen (secondary N) is 1. The van der Waals surface area contributed by atoms with Crippen LogP contribution in [-0.4, -0.2) is 18.3 Å². The first-order chi connectivity index (χ1) is 7.17. The Kier molecular flexibility index (Phi) is 3.82. The third-order valence-corrected chi connectivity index (χ3v) is 1.82. The molecule has 0 bridgehead atoms. The van der Waals surface area contributed by atoms with E-state index in [9.17, 15) is 9.59 Å². The van der Waals surface area contributed by atoms with Crippen molar-refractivity contribution >= 4 is 12.2 Å². The first-order valence-electron chi connectivity index (χ1n) is 4.39. The maximum Gasteiger partial charge on any atom is 0.274 e. The minimum absolute atomic E-state index is 0.425. The van der Waals surface area contributed by atoms with Gasteiger partial charge in [-0.2, -0.15) is 0 Å². The van der Waals surface area contributed by atoms with Crippen molar-refractivity contribution in [2.45, 2.75) is 13.0 Å². The third-order valence-electron chi connectivity index (χ3n) is 1.82. The normalized spacial score (nSPS) is 11.6. The average Bonchev–Trinajstić information content (AvgIpc) is 2.28. The van der Waals surface area contributed by atoms with Crippen LogP contribution in [0.25, 0.3) is 0 Å². The lowest BCUT2D eigenvalue weighted by Gasteiger charge is -2.12. The van der Waals surface area contributed by atoms with E-state index in [0.717, 1.165) is 0 Å². The number of ether oxygens (including phenoxy) is 1. The second-order valence-electron chi connectivity index (χ2n) is 2.96. The molecule has 0 aliphatic heterocycles. The quantitative estimate of drug-likeness (QED) is 0.322. The van der Waals surface area contributed by atoms with Gasteiger partial charge in [-0.3, -0.25) is 15.0 Å². The standard InChI is InChI=1S/C10H12N2O3/c1-7(10(14)12-11)15-9-4-2-3-8(5-9)6-13/h2-7H,11H2,1H3,(H,12,14). The van der Waals surface area contributed by atoms with E-state index in [2.05, 4.69) is 0 Å². The number of hydrogen-bond acceptors (Lipinski definition) is 4. The first-order valence-corrected chi connectivity index (χ1v) is 4.39. The summed E-state index contributed by atoms with van der Waals surface area (Å²) >= 11 is 0. The van der Waals surface area contributed by atoms with Gasteiger partial charge in [0, 0.05) is 5.56 Å². The van der Waals surface area contributed by atoms with Gasteiger partial charge >= 0.3 is 0 Å². The second-order valence-corrected chi connectivity index (χ2v) is 2.96. The topological polar surface area (TPSA) is 81.4 Å². The van der Waals surface area contributed by atoms with Crippen molar-refractivity contribution in [1.82, 2.24) is 5.43 Å². The number of carbonyl (C=O) groups is 2.